The first-order valence-corrected chi connectivity index (χ1v) is 6.25. The number of carbonyl (C=O) groups is 1. The highest BCUT2D eigenvalue weighted by atomic mass is 16.2. The van der Waals surface area contributed by atoms with Crippen LogP contribution in [0.2, 0.25) is 0 Å². The van der Waals surface area contributed by atoms with Crippen LogP contribution in [-0.4, -0.2) is 17.4 Å². The number of rotatable bonds is 3. The average molecular weight is 234 g/mol. The number of hydrogen-bond acceptors (Lipinski definition) is 2. The SMILES string of the molecule is CCCNC(=O)c1cc2c([nH]c1=O)CCCC2. The minimum Gasteiger partial charge on any atom is -0.352 e. The molecule has 0 fully saturated rings. The van der Waals surface area contributed by atoms with Gasteiger partial charge in [-0.2, -0.15) is 0 Å². The summed E-state index contributed by atoms with van der Waals surface area (Å²) in [6, 6.07) is 1.76. The first-order chi connectivity index (χ1) is 8.22. The summed E-state index contributed by atoms with van der Waals surface area (Å²) < 4.78 is 0. The molecule has 0 unspecified atom stereocenters. The lowest BCUT2D eigenvalue weighted by Gasteiger charge is -2.15. The van der Waals surface area contributed by atoms with Crippen molar-refractivity contribution in [2.75, 3.05) is 6.54 Å². The number of carbonyl (C=O) groups excluding carboxylic acids is 1. The Hall–Kier alpha value is -1.58. The molecule has 92 valence electrons. The van der Waals surface area contributed by atoms with Gasteiger partial charge in [0.1, 0.15) is 5.56 Å². The Morgan fingerprint density at radius 3 is 2.94 bits per heavy atom. The van der Waals surface area contributed by atoms with Crippen LogP contribution < -0.4 is 10.9 Å². The lowest BCUT2D eigenvalue weighted by atomic mass is 9.95. The van der Waals surface area contributed by atoms with Crippen LogP contribution in [0.1, 0.15) is 47.8 Å². The van der Waals surface area contributed by atoms with E-state index in [-0.39, 0.29) is 17.0 Å². The standard InChI is InChI=1S/C13H18N2O2/c1-2-7-14-12(16)10-8-9-5-3-4-6-11(9)15-13(10)17/h8H,2-7H2,1H3,(H,14,16)(H,15,17). The minimum absolute atomic E-state index is 0.249. The van der Waals surface area contributed by atoms with Gasteiger partial charge in [-0.25, -0.2) is 0 Å². The van der Waals surface area contributed by atoms with Gasteiger partial charge in [-0.15, -0.1) is 0 Å². The minimum atomic E-state index is -0.265. The van der Waals surface area contributed by atoms with Gasteiger partial charge in [-0.05, 0) is 43.7 Å². The Morgan fingerprint density at radius 1 is 1.41 bits per heavy atom. The summed E-state index contributed by atoms with van der Waals surface area (Å²) in [6.07, 6.45) is 5.00. The third-order valence-corrected chi connectivity index (χ3v) is 3.12. The van der Waals surface area contributed by atoms with Crippen LogP contribution >= 0.6 is 0 Å². The Labute approximate surface area is 100 Å². The molecule has 0 atom stereocenters. The topological polar surface area (TPSA) is 62.0 Å². The maximum Gasteiger partial charge on any atom is 0.261 e. The molecule has 4 nitrogen and oxygen atoms in total. The summed E-state index contributed by atoms with van der Waals surface area (Å²) in [5.41, 5.74) is 2.11. The Bertz CT molecular complexity index is 477. The molecular formula is C13H18N2O2. The van der Waals surface area contributed by atoms with E-state index in [1.54, 1.807) is 6.07 Å². The first-order valence-electron chi connectivity index (χ1n) is 6.25. The predicted molar refractivity (Wildman–Crippen MR) is 66.3 cm³/mol. The van der Waals surface area contributed by atoms with E-state index in [2.05, 4.69) is 10.3 Å². The van der Waals surface area contributed by atoms with Gasteiger partial charge in [0.2, 0.25) is 0 Å². The van der Waals surface area contributed by atoms with Crippen molar-refractivity contribution in [2.45, 2.75) is 39.0 Å². The van der Waals surface area contributed by atoms with Crippen molar-refractivity contribution in [3.63, 3.8) is 0 Å². The van der Waals surface area contributed by atoms with Crippen molar-refractivity contribution >= 4 is 5.91 Å². The van der Waals surface area contributed by atoms with E-state index >= 15 is 0 Å². The number of aromatic amines is 1. The third kappa shape index (κ3) is 2.57. The molecule has 0 bridgehead atoms. The number of aromatic nitrogens is 1. The van der Waals surface area contributed by atoms with Crippen LogP contribution in [0.5, 0.6) is 0 Å². The highest BCUT2D eigenvalue weighted by Crippen LogP contribution is 2.18. The third-order valence-electron chi connectivity index (χ3n) is 3.12. The maximum atomic E-state index is 11.8. The molecule has 1 aromatic heterocycles. The second-order valence-corrected chi connectivity index (χ2v) is 4.48. The number of aryl methyl sites for hydroxylation is 2. The molecule has 0 saturated heterocycles. The van der Waals surface area contributed by atoms with Crippen LogP contribution in [0, 0.1) is 0 Å². The molecule has 1 aliphatic carbocycles. The molecule has 0 aromatic carbocycles. The van der Waals surface area contributed by atoms with Crippen molar-refractivity contribution in [2.24, 2.45) is 0 Å². The fraction of sp³-hybridized carbons (Fsp3) is 0.538. The zero-order valence-corrected chi connectivity index (χ0v) is 10.1. The molecule has 1 aromatic rings. The average Bonchev–Trinajstić information content (AvgIpc) is 2.35. The molecule has 0 aliphatic heterocycles. The second kappa shape index (κ2) is 5.17. The lowest BCUT2D eigenvalue weighted by Crippen LogP contribution is -2.31. The van der Waals surface area contributed by atoms with Gasteiger partial charge in [-0.3, -0.25) is 9.59 Å². The van der Waals surface area contributed by atoms with E-state index in [0.29, 0.717) is 6.54 Å². The summed E-state index contributed by atoms with van der Waals surface area (Å²) in [5.74, 6) is -0.263. The number of H-pyrrole nitrogens is 1. The first kappa shape index (κ1) is 11.9. The molecule has 0 saturated carbocycles. The van der Waals surface area contributed by atoms with Crippen LogP contribution in [0.4, 0.5) is 0 Å². The van der Waals surface area contributed by atoms with Gasteiger partial charge in [0.05, 0.1) is 0 Å². The largest absolute Gasteiger partial charge is 0.352 e. The zero-order chi connectivity index (χ0) is 12.3. The van der Waals surface area contributed by atoms with Crippen molar-refractivity contribution in [3.8, 4) is 0 Å². The maximum absolute atomic E-state index is 11.8. The van der Waals surface area contributed by atoms with E-state index in [1.165, 1.54) is 0 Å². The molecule has 1 amide bonds. The van der Waals surface area contributed by atoms with Gasteiger partial charge in [0, 0.05) is 12.2 Å². The second-order valence-electron chi connectivity index (χ2n) is 4.48. The summed E-state index contributed by atoms with van der Waals surface area (Å²) in [4.78, 5) is 26.4. The highest BCUT2D eigenvalue weighted by molar-refractivity contribution is 5.94. The zero-order valence-electron chi connectivity index (χ0n) is 10.1. The molecule has 0 spiro atoms. The van der Waals surface area contributed by atoms with E-state index in [1.807, 2.05) is 6.92 Å². The molecule has 17 heavy (non-hydrogen) atoms. The summed E-state index contributed by atoms with van der Waals surface area (Å²) in [5, 5.41) is 2.74. The van der Waals surface area contributed by atoms with E-state index in [0.717, 1.165) is 43.4 Å². The number of hydrogen-bond donors (Lipinski definition) is 2. The van der Waals surface area contributed by atoms with Gasteiger partial charge >= 0.3 is 0 Å². The number of nitrogens with one attached hydrogen (secondary N) is 2. The molecule has 1 aliphatic rings. The Morgan fingerprint density at radius 2 is 2.18 bits per heavy atom. The number of pyridine rings is 1. The fourth-order valence-electron chi connectivity index (χ4n) is 2.18. The molecule has 1 heterocycles. The summed E-state index contributed by atoms with van der Waals surface area (Å²) in [6.45, 7) is 2.59. The molecule has 4 heteroatoms. The predicted octanol–water partition coefficient (Wildman–Crippen LogP) is 1.39. The number of amides is 1. The monoisotopic (exact) mass is 234 g/mol. The Balaban J connectivity index is 2.28. The highest BCUT2D eigenvalue weighted by Gasteiger charge is 2.16. The van der Waals surface area contributed by atoms with Gasteiger partial charge < -0.3 is 10.3 Å². The van der Waals surface area contributed by atoms with Crippen molar-refractivity contribution in [3.05, 3.63) is 33.2 Å². The number of fused-ring (bicyclic) bond motifs is 1. The fourth-order valence-corrected chi connectivity index (χ4v) is 2.18. The smallest absolute Gasteiger partial charge is 0.261 e. The normalized spacial score (nSPS) is 14.2. The van der Waals surface area contributed by atoms with E-state index in [9.17, 15) is 9.59 Å². The molecule has 2 N–H and O–H groups in total. The van der Waals surface area contributed by atoms with Crippen LogP contribution in [-0.2, 0) is 12.8 Å². The van der Waals surface area contributed by atoms with E-state index < -0.39 is 0 Å². The van der Waals surface area contributed by atoms with Crippen LogP contribution in [0.3, 0.4) is 0 Å². The summed E-state index contributed by atoms with van der Waals surface area (Å²) >= 11 is 0. The molecule has 2 rings (SSSR count). The lowest BCUT2D eigenvalue weighted by molar-refractivity contribution is 0.0952. The van der Waals surface area contributed by atoms with Crippen molar-refractivity contribution in [1.29, 1.82) is 0 Å². The molecular weight excluding hydrogens is 216 g/mol. The summed E-state index contributed by atoms with van der Waals surface area (Å²) in [7, 11) is 0. The van der Waals surface area contributed by atoms with Crippen LogP contribution in [0.25, 0.3) is 0 Å². The molecule has 0 radical (unpaired) electrons. The Kier molecular flexibility index (Phi) is 3.61. The van der Waals surface area contributed by atoms with Crippen LogP contribution in [0.15, 0.2) is 10.9 Å². The van der Waals surface area contributed by atoms with Gasteiger partial charge in [0.25, 0.3) is 11.5 Å². The quantitative estimate of drug-likeness (QED) is 0.830. The van der Waals surface area contributed by atoms with Gasteiger partial charge in [-0.1, -0.05) is 6.92 Å². The van der Waals surface area contributed by atoms with Crippen molar-refractivity contribution < 1.29 is 4.79 Å². The van der Waals surface area contributed by atoms with Crippen molar-refractivity contribution in [1.82, 2.24) is 10.3 Å². The van der Waals surface area contributed by atoms with Gasteiger partial charge in [0.15, 0.2) is 0 Å². The van der Waals surface area contributed by atoms with E-state index in [4.69, 9.17) is 0 Å².